The van der Waals surface area contributed by atoms with Crippen LogP contribution in [0.4, 0.5) is 0 Å². The Kier molecular flexibility index (Phi) is 3.94. The maximum absolute atomic E-state index is 12.5. The lowest BCUT2D eigenvalue weighted by Crippen LogP contribution is -2.48. The number of aliphatic hydroxyl groups is 1. The van der Waals surface area contributed by atoms with Gasteiger partial charge in [-0.25, -0.2) is 0 Å². The molecule has 0 aliphatic carbocycles. The minimum atomic E-state index is -0.866. The van der Waals surface area contributed by atoms with Gasteiger partial charge < -0.3 is 10.0 Å². The van der Waals surface area contributed by atoms with E-state index < -0.39 is 5.60 Å². The quantitative estimate of drug-likeness (QED) is 0.871. The van der Waals surface area contributed by atoms with Crippen LogP contribution in [0.15, 0.2) is 6.07 Å². The van der Waals surface area contributed by atoms with Crippen molar-refractivity contribution in [1.82, 2.24) is 15.1 Å². The van der Waals surface area contributed by atoms with Gasteiger partial charge in [0.15, 0.2) is 0 Å². The van der Waals surface area contributed by atoms with E-state index in [0.717, 1.165) is 31.4 Å². The average molecular weight is 265 g/mol. The Hall–Kier alpha value is -1.36. The van der Waals surface area contributed by atoms with E-state index in [1.807, 2.05) is 6.07 Å². The van der Waals surface area contributed by atoms with Crippen LogP contribution in [0, 0.1) is 0 Å². The first-order valence-corrected chi connectivity index (χ1v) is 7.01. The molecule has 2 heterocycles. The number of carbonyl (C=O) groups is 1. The van der Waals surface area contributed by atoms with E-state index in [-0.39, 0.29) is 11.9 Å². The van der Waals surface area contributed by atoms with E-state index in [9.17, 15) is 9.90 Å². The lowest BCUT2D eigenvalue weighted by molar-refractivity contribution is 0.000117. The summed E-state index contributed by atoms with van der Waals surface area (Å²) < 4.78 is 0. The molecule has 1 atom stereocenters. The standard InChI is InChI=1S/C14H23N3O2/c1-4-6-10-9-11(16-15-10)13(18)17-8-5-7-12(17)14(2,3)19/h9,12,19H,4-8H2,1-3H3,(H,15,16). The second kappa shape index (κ2) is 5.33. The summed E-state index contributed by atoms with van der Waals surface area (Å²) in [6.45, 7) is 6.31. The molecule has 2 rings (SSSR count). The molecule has 1 amide bonds. The van der Waals surface area contributed by atoms with Gasteiger partial charge in [0.05, 0.1) is 11.6 Å². The molecule has 1 aliphatic heterocycles. The molecule has 1 fully saturated rings. The Bertz CT molecular complexity index is 448. The van der Waals surface area contributed by atoms with Gasteiger partial charge >= 0.3 is 0 Å². The number of likely N-dealkylation sites (tertiary alicyclic amines) is 1. The van der Waals surface area contributed by atoms with E-state index in [2.05, 4.69) is 17.1 Å². The first kappa shape index (κ1) is 14.1. The summed E-state index contributed by atoms with van der Waals surface area (Å²) in [5.74, 6) is -0.0803. The minimum absolute atomic E-state index is 0.0803. The number of nitrogens with one attached hydrogen (secondary N) is 1. The van der Waals surface area contributed by atoms with Crippen LogP contribution in [0.3, 0.4) is 0 Å². The molecule has 106 valence electrons. The molecular formula is C14H23N3O2. The summed E-state index contributed by atoms with van der Waals surface area (Å²) >= 11 is 0. The first-order chi connectivity index (χ1) is 8.93. The number of amides is 1. The zero-order valence-corrected chi connectivity index (χ0v) is 11.9. The normalized spacial score (nSPS) is 20.0. The Morgan fingerprint density at radius 3 is 3.00 bits per heavy atom. The molecule has 2 N–H and O–H groups in total. The molecule has 0 spiro atoms. The van der Waals surface area contributed by atoms with Gasteiger partial charge in [-0.15, -0.1) is 0 Å². The number of hydrogen-bond acceptors (Lipinski definition) is 3. The smallest absolute Gasteiger partial charge is 0.274 e. The second-order valence-corrected chi connectivity index (χ2v) is 5.84. The van der Waals surface area contributed by atoms with Gasteiger partial charge in [-0.2, -0.15) is 5.10 Å². The topological polar surface area (TPSA) is 69.2 Å². The van der Waals surface area contributed by atoms with Crippen molar-refractivity contribution in [3.8, 4) is 0 Å². The van der Waals surface area contributed by atoms with E-state index in [4.69, 9.17) is 0 Å². The number of H-pyrrole nitrogens is 1. The van der Waals surface area contributed by atoms with Gasteiger partial charge in [0.2, 0.25) is 0 Å². The van der Waals surface area contributed by atoms with Gasteiger partial charge in [0, 0.05) is 12.2 Å². The maximum Gasteiger partial charge on any atom is 0.274 e. The number of nitrogens with zero attached hydrogens (tertiary/aromatic N) is 2. The van der Waals surface area contributed by atoms with Gasteiger partial charge in [-0.05, 0) is 39.2 Å². The van der Waals surface area contributed by atoms with Crippen LogP contribution in [0.2, 0.25) is 0 Å². The molecular weight excluding hydrogens is 242 g/mol. The SMILES string of the molecule is CCCc1cc(C(=O)N2CCCC2C(C)(C)O)n[nH]1. The van der Waals surface area contributed by atoms with Crippen LogP contribution < -0.4 is 0 Å². The molecule has 5 nitrogen and oxygen atoms in total. The monoisotopic (exact) mass is 265 g/mol. The first-order valence-electron chi connectivity index (χ1n) is 7.01. The van der Waals surface area contributed by atoms with Crippen molar-refractivity contribution in [2.24, 2.45) is 0 Å². The van der Waals surface area contributed by atoms with Crippen LogP contribution in [0.1, 0.15) is 56.2 Å². The molecule has 1 aliphatic rings. The summed E-state index contributed by atoms with van der Waals surface area (Å²) in [7, 11) is 0. The van der Waals surface area contributed by atoms with E-state index in [1.54, 1.807) is 18.7 Å². The van der Waals surface area contributed by atoms with Crippen molar-refractivity contribution in [2.45, 2.75) is 58.1 Å². The van der Waals surface area contributed by atoms with Crippen molar-refractivity contribution in [1.29, 1.82) is 0 Å². The largest absolute Gasteiger partial charge is 0.388 e. The number of aryl methyl sites for hydroxylation is 1. The molecule has 0 saturated carbocycles. The van der Waals surface area contributed by atoms with Crippen LogP contribution in [-0.2, 0) is 6.42 Å². The minimum Gasteiger partial charge on any atom is -0.388 e. The highest BCUT2D eigenvalue weighted by Gasteiger charge is 2.39. The molecule has 1 unspecified atom stereocenters. The van der Waals surface area contributed by atoms with Crippen molar-refractivity contribution in [2.75, 3.05) is 6.54 Å². The predicted molar refractivity (Wildman–Crippen MR) is 72.9 cm³/mol. The number of aromatic nitrogens is 2. The summed E-state index contributed by atoms with van der Waals surface area (Å²) in [4.78, 5) is 14.2. The fourth-order valence-corrected chi connectivity index (χ4v) is 2.76. The van der Waals surface area contributed by atoms with E-state index in [1.165, 1.54) is 0 Å². The van der Waals surface area contributed by atoms with Crippen LogP contribution in [-0.4, -0.2) is 44.3 Å². The van der Waals surface area contributed by atoms with Gasteiger partial charge in [0.25, 0.3) is 5.91 Å². The highest BCUT2D eigenvalue weighted by Crippen LogP contribution is 2.28. The zero-order valence-electron chi connectivity index (χ0n) is 11.9. The third-order valence-electron chi connectivity index (χ3n) is 3.70. The van der Waals surface area contributed by atoms with Crippen molar-refractivity contribution < 1.29 is 9.90 Å². The van der Waals surface area contributed by atoms with Crippen LogP contribution in [0.5, 0.6) is 0 Å². The van der Waals surface area contributed by atoms with Gasteiger partial charge in [-0.1, -0.05) is 13.3 Å². The lowest BCUT2D eigenvalue weighted by Gasteiger charge is -2.33. The van der Waals surface area contributed by atoms with Crippen LogP contribution >= 0.6 is 0 Å². The third-order valence-corrected chi connectivity index (χ3v) is 3.70. The van der Waals surface area contributed by atoms with Crippen molar-refractivity contribution in [3.63, 3.8) is 0 Å². The van der Waals surface area contributed by atoms with E-state index >= 15 is 0 Å². The summed E-state index contributed by atoms with van der Waals surface area (Å²) in [6.07, 6.45) is 3.70. The Labute approximate surface area is 114 Å². The van der Waals surface area contributed by atoms with Crippen LogP contribution in [0.25, 0.3) is 0 Å². The molecule has 1 aromatic heterocycles. The van der Waals surface area contributed by atoms with Gasteiger partial charge in [0.1, 0.15) is 5.69 Å². The molecule has 1 saturated heterocycles. The fraction of sp³-hybridized carbons (Fsp3) is 0.714. The number of aromatic amines is 1. The summed E-state index contributed by atoms with van der Waals surface area (Å²) in [5.41, 5.74) is 0.582. The lowest BCUT2D eigenvalue weighted by atomic mass is 9.96. The molecule has 19 heavy (non-hydrogen) atoms. The second-order valence-electron chi connectivity index (χ2n) is 5.84. The summed E-state index contributed by atoms with van der Waals surface area (Å²) in [6, 6.07) is 1.71. The summed E-state index contributed by atoms with van der Waals surface area (Å²) in [5, 5.41) is 17.2. The molecule has 0 aromatic carbocycles. The molecule has 0 radical (unpaired) electrons. The average Bonchev–Trinajstić information content (AvgIpc) is 2.95. The molecule has 5 heteroatoms. The predicted octanol–water partition coefficient (Wildman–Crippen LogP) is 1.74. The Morgan fingerprint density at radius 2 is 2.37 bits per heavy atom. The number of hydrogen-bond donors (Lipinski definition) is 2. The van der Waals surface area contributed by atoms with Crippen molar-refractivity contribution in [3.05, 3.63) is 17.5 Å². The zero-order chi connectivity index (χ0) is 14.0. The van der Waals surface area contributed by atoms with E-state index in [0.29, 0.717) is 12.2 Å². The fourth-order valence-electron chi connectivity index (χ4n) is 2.76. The Balaban J connectivity index is 2.14. The highest BCUT2D eigenvalue weighted by atomic mass is 16.3. The third kappa shape index (κ3) is 2.97. The van der Waals surface area contributed by atoms with Crippen molar-refractivity contribution >= 4 is 5.91 Å². The highest BCUT2D eigenvalue weighted by molar-refractivity contribution is 5.92. The number of carbonyl (C=O) groups excluding carboxylic acids is 1. The molecule has 1 aromatic rings. The molecule has 0 bridgehead atoms. The maximum atomic E-state index is 12.5. The number of rotatable bonds is 4. The Morgan fingerprint density at radius 1 is 1.63 bits per heavy atom. The van der Waals surface area contributed by atoms with Gasteiger partial charge in [-0.3, -0.25) is 9.89 Å².